The Balaban J connectivity index is 1.62. The van der Waals surface area contributed by atoms with E-state index in [2.05, 4.69) is 10.5 Å². The number of hydroxylamine groups is 1. The molecule has 0 fully saturated rings. The monoisotopic (exact) mass is 422 g/mol. The van der Waals surface area contributed by atoms with Crippen molar-refractivity contribution in [3.05, 3.63) is 84.2 Å². The fraction of sp³-hybridized carbons (Fsp3) is 0.240. The van der Waals surface area contributed by atoms with Gasteiger partial charge >= 0.3 is 0 Å². The molecule has 31 heavy (non-hydrogen) atoms. The van der Waals surface area contributed by atoms with Crippen LogP contribution < -0.4 is 15.0 Å². The van der Waals surface area contributed by atoms with Crippen LogP contribution in [0.3, 0.4) is 0 Å². The highest BCUT2D eigenvalue weighted by Crippen LogP contribution is 2.25. The van der Waals surface area contributed by atoms with E-state index in [4.69, 9.17) is 14.3 Å². The highest BCUT2D eigenvalue weighted by Gasteiger charge is 2.09. The average molecular weight is 423 g/mol. The van der Waals surface area contributed by atoms with Gasteiger partial charge in [0, 0.05) is 5.92 Å². The van der Waals surface area contributed by atoms with Crippen molar-refractivity contribution >= 4 is 11.5 Å². The van der Waals surface area contributed by atoms with Gasteiger partial charge in [0.1, 0.15) is 17.3 Å². The van der Waals surface area contributed by atoms with Crippen molar-refractivity contribution in [2.45, 2.75) is 27.4 Å². The molecule has 3 aromatic rings. The van der Waals surface area contributed by atoms with Gasteiger partial charge in [0.05, 0.1) is 18.9 Å². The van der Waals surface area contributed by atoms with Crippen LogP contribution in [-0.4, -0.2) is 12.4 Å². The fourth-order valence-electron chi connectivity index (χ4n) is 2.72. The third-order valence-electron chi connectivity index (χ3n) is 4.33. The zero-order valence-corrected chi connectivity index (χ0v) is 18.0. The summed E-state index contributed by atoms with van der Waals surface area (Å²) in [5, 5.41) is 0. The highest BCUT2D eigenvalue weighted by molar-refractivity contribution is 5.85. The first kappa shape index (κ1) is 22.3. The normalized spacial score (nSPS) is 11.5. The number of rotatable bonds is 9. The molecular weight excluding hydrogens is 395 g/mol. The Hall–Kier alpha value is -3.38. The van der Waals surface area contributed by atoms with E-state index in [0.717, 1.165) is 17.0 Å². The summed E-state index contributed by atoms with van der Waals surface area (Å²) in [5.74, 6) is 1.91. The van der Waals surface area contributed by atoms with E-state index >= 15 is 0 Å². The first-order valence-electron chi connectivity index (χ1n) is 10.3. The molecule has 0 saturated carbocycles. The van der Waals surface area contributed by atoms with Crippen molar-refractivity contribution in [3.63, 3.8) is 0 Å². The predicted molar refractivity (Wildman–Crippen MR) is 120 cm³/mol. The molecule has 3 aromatic carbocycles. The minimum absolute atomic E-state index is 0.122. The number of aliphatic imine (C=N–C) groups is 1. The number of amidine groups is 1. The first-order chi connectivity index (χ1) is 15.0. The summed E-state index contributed by atoms with van der Waals surface area (Å²) >= 11 is 0. The number of nitrogens with zero attached hydrogens (tertiary/aromatic N) is 1. The first-order valence-corrected chi connectivity index (χ1v) is 10.3. The van der Waals surface area contributed by atoms with E-state index in [1.807, 2.05) is 63.2 Å². The van der Waals surface area contributed by atoms with Crippen LogP contribution in [0.4, 0.5) is 10.1 Å². The predicted octanol–water partition coefficient (Wildman–Crippen LogP) is 6.42. The fourth-order valence-corrected chi connectivity index (χ4v) is 2.72. The molecule has 5 nitrogen and oxygen atoms in total. The maximum absolute atomic E-state index is 14.1. The second-order valence-corrected chi connectivity index (χ2v) is 7.15. The van der Waals surface area contributed by atoms with Crippen molar-refractivity contribution in [2.75, 3.05) is 6.61 Å². The molecule has 0 heterocycles. The minimum Gasteiger partial charge on any atom is -0.494 e. The lowest BCUT2D eigenvalue weighted by Crippen LogP contribution is -2.28. The van der Waals surface area contributed by atoms with Crippen LogP contribution in [0.1, 0.15) is 26.3 Å². The second kappa shape index (κ2) is 11.1. The van der Waals surface area contributed by atoms with Crippen molar-refractivity contribution in [1.82, 2.24) is 5.48 Å². The van der Waals surface area contributed by atoms with Crippen LogP contribution in [0.15, 0.2) is 77.8 Å². The Morgan fingerprint density at radius 2 is 1.71 bits per heavy atom. The molecule has 0 aliphatic heterocycles. The molecule has 0 spiro atoms. The van der Waals surface area contributed by atoms with Gasteiger partial charge in [0.2, 0.25) is 0 Å². The van der Waals surface area contributed by atoms with Crippen molar-refractivity contribution in [1.29, 1.82) is 0 Å². The largest absolute Gasteiger partial charge is 0.494 e. The van der Waals surface area contributed by atoms with Gasteiger partial charge in [-0.2, -0.15) is 0 Å². The number of nitrogens with one attached hydrogen (secondary N) is 1. The molecule has 0 atom stereocenters. The van der Waals surface area contributed by atoms with E-state index in [0.29, 0.717) is 18.2 Å². The molecule has 0 aliphatic carbocycles. The van der Waals surface area contributed by atoms with Gasteiger partial charge in [-0.1, -0.05) is 38.1 Å². The zero-order valence-electron chi connectivity index (χ0n) is 18.0. The number of para-hydroxylation sites is 1. The van der Waals surface area contributed by atoms with Gasteiger partial charge in [-0.3, -0.25) is 10.3 Å². The molecule has 0 bridgehead atoms. The van der Waals surface area contributed by atoms with Gasteiger partial charge in [-0.15, -0.1) is 0 Å². The Morgan fingerprint density at radius 1 is 0.968 bits per heavy atom. The zero-order chi connectivity index (χ0) is 22.1. The highest BCUT2D eigenvalue weighted by atomic mass is 19.1. The lowest BCUT2D eigenvalue weighted by molar-refractivity contribution is 0.0682. The molecule has 0 radical (unpaired) electrons. The van der Waals surface area contributed by atoms with Crippen molar-refractivity contribution in [3.8, 4) is 17.2 Å². The summed E-state index contributed by atoms with van der Waals surface area (Å²) < 4.78 is 25.2. The van der Waals surface area contributed by atoms with E-state index in [9.17, 15) is 4.39 Å². The lowest BCUT2D eigenvalue weighted by atomic mass is 10.2. The number of hydrogen-bond acceptors (Lipinski definition) is 4. The van der Waals surface area contributed by atoms with E-state index in [-0.39, 0.29) is 18.3 Å². The molecule has 0 aromatic heterocycles. The minimum atomic E-state index is -0.430. The van der Waals surface area contributed by atoms with Crippen molar-refractivity contribution < 1.29 is 18.7 Å². The van der Waals surface area contributed by atoms with Crippen LogP contribution in [0.2, 0.25) is 0 Å². The summed E-state index contributed by atoms with van der Waals surface area (Å²) in [4.78, 5) is 10.3. The maximum Gasteiger partial charge on any atom is 0.165 e. The van der Waals surface area contributed by atoms with Crippen LogP contribution in [-0.2, 0) is 11.4 Å². The number of benzene rings is 3. The second-order valence-electron chi connectivity index (χ2n) is 7.15. The smallest absolute Gasteiger partial charge is 0.165 e. The molecule has 0 saturated heterocycles. The average Bonchev–Trinajstić information content (AvgIpc) is 2.77. The van der Waals surface area contributed by atoms with Crippen LogP contribution in [0, 0.1) is 11.7 Å². The van der Waals surface area contributed by atoms with Gasteiger partial charge in [-0.05, 0) is 61.0 Å². The summed E-state index contributed by atoms with van der Waals surface area (Å²) in [7, 11) is 0. The Labute approximate surface area is 182 Å². The van der Waals surface area contributed by atoms with Gasteiger partial charge in [0.15, 0.2) is 11.6 Å². The third kappa shape index (κ3) is 6.83. The maximum atomic E-state index is 14.1. The third-order valence-corrected chi connectivity index (χ3v) is 4.33. The van der Waals surface area contributed by atoms with Gasteiger partial charge in [-0.25, -0.2) is 9.38 Å². The summed E-state index contributed by atoms with van der Waals surface area (Å²) in [6, 6.07) is 21.3. The molecular formula is C25H27FN2O3. The van der Waals surface area contributed by atoms with E-state index in [1.54, 1.807) is 24.3 Å². The Bertz CT molecular complexity index is 989. The van der Waals surface area contributed by atoms with E-state index in [1.165, 1.54) is 6.07 Å². The summed E-state index contributed by atoms with van der Waals surface area (Å²) in [5.41, 5.74) is 4.49. The number of ether oxygens (including phenoxy) is 2. The van der Waals surface area contributed by atoms with Gasteiger partial charge in [0.25, 0.3) is 0 Å². The molecule has 162 valence electrons. The molecule has 6 heteroatoms. The quantitative estimate of drug-likeness (QED) is 0.245. The standard InChI is InChI=1S/C25H27FN2O3/c1-4-29-21-13-11-20(12-14-21)27-25(18(2)3)28-30-17-19-10-15-23(26)24(16-19)31-22-8-6-5-7-9-22/h5-16,18H,4,17H2,1-3H3,(H,27,28). The summed E-state index contributed by atoms with van der Waals surface area (Å²) in [6.45, 7) is 6.83. The van der Waals surface area contributed by atoms with Crippen LogP contribution in [0.25, 0.3) is 0 Å². The Kier molecular flexibility index (Phi) is 8.01. The number of hydrogen-bond donors (Lipinski definition) is 1. The SMILES string of the molecule is CCOc1ccc(N=C(NOCc2ccc(F)c(Oc3ccccc3)c2)C(C)C)cc1. The van der Waals surface area contributed by atoms with Crippen molar-refractivity contribution in [2.24, 2.45) is 10.9 Å². The Morgan fingerprint density at radius 3 is 2.39 bits per heavy atom. The molecule has 0 unspecified atom stereocenters. The van der Waals surface area contributed by atoms with Crippen LogP contribution >= 0.6 is 0 Å². The molecule has 0 amide bonds. The molecule has 3 rings (SSSR count). The molecule has 1 N–H and O–H groups in total. The summed E-state index contributed by atoms with van der Waals surface area (Å²) in [6.07, 6.45) is 0. The van der Waals surface area contributed by atoms with E-state index < -0.39 is 5.82 Å². The van der Waals surface area contributed by atoms with Crippen LogP contribution in [0.5, 0.6) is 17.2 Å². The molecule has 0 aliphatic rings. The lowest BCUT2D eigenvalue weighted by Gasteiger charge is -2.14. The van der Waals surface area contributed by atoms with Gasteiger partial charge < -0.3 is 9.47 Å². The topological polar surface area (TPSA) is 52.1 Å². The number of halogens is 1.